The Balaban J connectivity index is 0.970. The number of hydrogen-bond acceptors (Lipinski definition) is 14. The first-order valence-electron chi connectivity index (χ1n) is 33.7. The molecule has 0 aliphatic carbocycles. The largest absolute Gasteiger partial charge is 0.493 e. The second-order valence-electron chi connectivity index (χ2n) is 28.8. The zero-order valence-electron chi connectivity index (χ0n) is 59.5. The summed E-state index contributed by atoms with van der Waals surface area (Å²) in [4.78, 5) is 58.1. The monoisotopic (exact) mass is 1350 g/mol. The minimum absolute atomic E-state index is 0.139. The number of nitrogens with one attached hydrogen (secondary N) is 4. The third kappa shape index (κ3) is 11.2. The Morgan fingerprint density at radius 2 is 0.755 bits per heavy atom. The van der Waals surface area contributed by atoms with Crippen molar-refractivity contribution in [2.75, 3.05) is 42.7 Å². The topological polar surface area (TPSA) is 222 Å². The van der Waals surface area contributed by atoms with Gasteiger partial charge in [0.1, 0.15) is 22.6 Å². The van der Waals surface area contributed by atoms with Crippen molar-refractivity contribution in [3.8, 4) is 114 Å². The average molecular weight is 1350 g/mol. The molecule has 6 aromatic heterocycles. The molecule has 4 aliphatic heterocycles. The molecule has 16 bridgehead atoms. The maximum atomic E-state index is 5.93. The van der Waals surface area contributed by atoms with Gasteiger partial charge in [0.15, 0.2) is 46.3 Å². The number of nitrogens with zero attached hydrogens (tertiary/aromatic N) is 8. The summed E-state index contributed by atoms with van der Waals surface area (Å²) < 4.78 is 35.3. The van der Waals surface area contributed by atoms with Crippen LogP contribution in [0, 0.1) is 11.8 Å². The van der Waals surface area contributed by atoms with Gasteiger partial charge in [-0.1, -0.05) is 111 Å². The first-order chi connectivity index (χ1) is 49.1. The van der Waals surface area contributed by atoms with Crippen LogP contribution in [-0.2, 0) is 16.2 Å². The van der Waals surface area contributed by atoms with Crippen molar-refractivity contribution in [2.24, 2.45) is 0 Å². The van der Waals surface area contributed by atoms with Crippen molar-refractivity contribution < 1.29 is 28.4 Å². The molecule has 0 saturated carbocycles. The normalized spacial score (nSPS) is 12.5. The van der Waals surface area contributed by atoms with E-state index in [1.165, 1.54) is 0 Å². The molecular formula is C84H74N12O6. The Labute approximate surface area is 589 Å². The van der Waals surface area contributed by atoms with Crippen molar-refractivity contribution in [3.63, 3.8) is 0 Å². The summed E-state index contributed by atoms with van der Waals surface area (Å²) in [5.41, 5.74) is 18.8. The zero-order chi connectivity index (χ0) is 70.8. The Bertz CT molecular complexity index is 5940. The highest BCUT2D eigenvalue weighted by Crippen LogP contribution is 2.47. The number of H-pyrrole nitrogens is 4. The van der Waals surface area contributed by atoms with Crippen LogP contribution in [0.15, 0.2) is 127 Å². The van der Waals surface area contributed by atoms with Crippen LogP contribution in [0.3, 0.4) is 0 Å². The van der Waals surface area contributed by atoms with Crippen molar-refractivity contribution in [3.05, 3.63) is 178 Å². The Morgan fingerprint density at radius 3 is 1.27 bits per heavy atom. The Hall–Kier alpha value is -12.4. The molecule has 0 amide bonds. The van der Waals surface area contributed by atoms with E-state index >= 15 is 0 Å². The van der Waals surface area contributed by atoms with Crippen LogP contribution >= 0.6 is 0 Å². The van der Waals surface area contributed by atoms with Crippen LogP contribution < -0.4 is 28.4 Å². The number of rotatable bonds is 8. The standard InChI is InChI=1S/C84H74N12O6/c1-82(2,3)46-18-25-52-57(39-46)80-92-75(52)90-78-56-34-43(16-23-51(56)74(89-78)91-79-58-40-47(83(4,5)6)19-26-53(58)76(93-79)95-81-59-41-48(84(7,8)9)20-27-54(59)77(94-80)96-81)17-24-55-60-30-32-64(87-60)70(44-35-66(97-10)72(101-14)67(36-44)98-11)62-28-21-49(85-62)42-50-22-29-63(86-50)71(65-33-31-61(55)88-65)45-37-68(99-12)73(102-15)69(38-45)100-13/h16,18-23,25-42,85,88H,1-15H3,(H2,89,90,91,92,93,94,95,96). The third-order valence-electron chi connectivity index (χ3n) is 19.2. The van der Waals surface area contributed by atoms with Crippen molar-refractivity contribution in [1.29, 1.82) is 0 Å². The molecule has 4 aliphatic rings. The Morgan fingerprint density at radius 1 is 0.324 bits per heavy atom. The number of aromatic amines is 4. The molecule has 4 N–H and O–H groups in total. The first kappa shape index (κ1) is 64.3. The summed E-state index contributed by atoms with van der Waals surface area (Å²) in [5.74, 6) is 12.2. The predicted octanol–water partition coefficient (Wildman–Crippen LogP) is 18.5. The molecule has 10 heterocycles. The molecule has 102 heavy (non-hydrogen) atoms. The summed E-state index contributed by atoms with van der Waals surface area (Å²) in [6, 6.07) is 43.4. The van der Waals surface area contributed by atoms with Crippen molar-refractivity contribution >= 4 is 90.5 Å². The summed E-state index contributed by atoms with van der Waals surface area (Å²) in [5, 5.41) is 3.38. The SMILES string of the molecule is COc1cc(-c2c3nc(c(C#Cc4ccc5c6nc7nc(nc8[nH]c(nc9nc(nc([nH]6)c5c4)-c4ccc(C(C)(C)C)cc4-9)c4ccc(C(C)(C)C)cc84)-c4ccc(C(C)(C)C)cc4-7)c4ccc([nH]4)c(-c4cc(OC)c(OC)c(OC)c4)c4nc(cc5ccc2[nH]5)C=C4)C=C3)cc(OC)c1OC. The molecular weight excluding hydrogens is 1270 g/mol. The van der Waals surface area contributed by atoms with Gasteiger partial charge in [0.05, 0.1) is 76.5 Å². The van der Waals surface area contributed by atoms with Gasteiger partial charge in [0.25, 0.3) is 0 Å². The molecule has 12 aromatic rings. The van der Waals surface area contributed by atoms with Crippen LogP contribution in [-0.4, -0.2) is 102 Å². The van der Waals surface area contributed by atoms with Crippen molar-refractivity contribution in [2.45, 2.75) is 78.6 Å². The predicted molar refractivity (Wildman–Crippen MR) is 407 cm³/mol. The van der Waals surface area contributed by atoms with E-state index in [9.17, 15) is 0 Å². The highest BCUT2D eigenvalue weighted by molar-refractivity contribution is 6.07. The number of ether oxygens (including phenoxy) is 6. The lowest BCUT2D eigenvalue weighted by molar-refractivity contribution is 0.324. The van der Waals surface area contributed by atoms with Crippen LogP contribution in [0.1, 0.15) is 113 Å². The molecule has 18 heteroatoms. The van der Waals surface area contributed by atoms with Gasteiger partial charge < -0.3 is 48.4 Å². The van der Waals surface area contributed by atoms with E-state index in [0.29, 0.717) is 114 Å². The maximum Gasteiger partial charge on any atom is 0.203 e. The number of fused-ring (bicyclic) bond motifs is 28. The average Bonchev–Trinajstić information content (AvgIpc) is 1.62. The summed E-state index contributed by atoms with van der Waals surface area (Å²) in [6.07, 6.45) is 8.00. The molecule has 0 spiro atoms. The molecule has 0 fully saturated rings. The molecule has 6 aromatic carbocycles. The number of hydrogen-bond donors (Lipinski definition) is 4. The highest BCUT2D eigenvalue weighted by atomic mass is 16.5. The molecule has 0 atom stereocenters. The van der Waals surface area contributed by atoms with Gasteiger partial charge in [-0.25, -0.2) is 39.9 Å². The smallest absolute Gasteiger partial charge is 0.203 e. The van der Waals surface area contributed by atoms with E-state index in [1.54, 1.807) is 42.7 Å². The zero-order valence-corrected chi connectivity index (χ0v) is 59.5. The lowest BCUT2D eigenvalue weighted by Gasteiger charge is -2.19. The van der Waals surface area contributed by atoms with Crippen molar-refractivity contribution in [1.82, 2.24) is 59.8 Å². The van der Waals surface area contributed by atoms with Gasteiger partial charge in [-0.3, -0.25) is 0 Å². The summed E-state index contributed by atoms with van der Waals surface area (Å²) in [7, 11) is 9.61. The van der Waals surface area contributed by atoms with E-state index in [1.807, 2.05) is 91.0 Å². The van der Waals surface area contributed by atoms with Gasteiger partial charge in [-0.15, -0.1) is 0 Å². The molecule has 506 valence electrons. The molecule has 0 radical (unpaired) electrons. The van der Waals surface area contributed by atoms with E-state index in [0.717, 1.165) is 105 Å². The van der Waals surface area contributed by atoms with Crippen LogP contribution in [0.5, 0.6) is 34.5 Å². The van der Waals surface area contributed by atoms with Gasteiger partial charge in [-0.05, 0) is 159 Å². The lowest BCUT2D eigenvalue weighted by atomic mass is 9.85. The van der Waals surface area contributed by atoms with E-state index < -0.39 is 0 Å². The second kappa shape index (κ2) is 24.2. The van der Waals surface area contributed by atoms with Crippen LogP contribution in [0.25, 0.3) is 158 Å². The fraction of sp³-hybridized carbons (Fsp3) is 0.214. The first-order valence-corrected chi connectivity index (χ1v) is 33.7. The summed E-state index contributed by atoms with van der Waals surface area (Å²) >= 11 is 0. The van der Waals surface area contributed by atoms with Gasteiger partial charge in [-0.2, -0.15) is 0 Å². The van der Waals surface area contributed by atoms with Gasteiger partial charge >= 0.3 is 0 Å². The fourth-order valence-corrected chi connectivity index (χ4v) is 13.7. The molecule has 16 rings (SSSR count). The second-order valence-corrected chi connectivity index (χ2v) is 28.8. The minimum atomic E-state index is -0.176. The molecule has 0 saturated heterocycles. The molecule has 18 nitrogen and oxygen atoms in total. The number of benzene rings is 6. The van der Waals surface area contributed by atoms with Crippen LogP contribution in [0.2, 0.25) is 0 Å². The highest BCUT2D eigenvalue weighted by Gasteiger charge is 2.29. The quantitative estimate of drug-likeness (QED) is 0.104. The van der Waals surface area contributed by atoms with Crippen LogP contribution in [0.4, 0.5) is 0 Å². The van der Waals surface area contributed by atoms with E-state index in [-0.39, 0.29) is 16.2 Å². The Kier molecular flexibility index (Phi) is 15.3. The summed E-state index contributed by atoms with van der Waals surface area (Å²) in [6.45, 7) is 19.9. The molecule has 0 unspecified atom stereocenters. The van der Waals surface area contributed by atoms with Gasteiger partial charge in [0.2, 0.25) is 11.5 Å². The fourth-order valence-electron chi connectivity index (χ4n) is 13.7. The number of methoxy groups -OCH3 is 6. The maximum absolute atomic E-state index is 5.93. The van der Waals surface area contributed by atoms with E-state index in [4.69, 9.17) is 68.3 Å². The van der Waals surface area contributed by atoms with Gasteiger partial charge in [0, 0.05) is 77.0 Å². The number of aromatic nitrogens is 12. The lowest BCUT2D eigenvalue weighted by Crippen LogP contribution is -2.10. The third-order valence-corrected chi connectivity index (χ3v) is 19.2. The minimum Gasteiger partial charge on any atom is -0.493 e. The van der Waals surface area contributed by atoms with E-state index in [2.05, 4.69) is 155 Å².